The molecule has 1 fully saturated rings. The number of nitrogens with one attached hydrogen (secondary N) is 1. The first-order valence-electron chi connectivity index (χ1n) is 7.78. The van der Waals surface area contributed by atoms with Crippen molar-refractivity contribution in [3.8, 4) is 0 Å². The molecule has 0 bridgehead atoms. The maximum absolute atomic E-state index is 5.00. The van der Waals surface area contributed by atoms with Crippen LogP contribution in [-0.2, 0) is 18.3 Å². The second kappa shape index (κ2) is 4.71. The first-order chi connectivity index (χ1) is 8.70. The van der Waals surface area contributed by atoms with Crippen LogP contribution in [0.15, 0.2) is 0 Å². The van der Waals surface area contributed by atoms with Gasteiger partial charge in [-0.15, -0.1) is 0 Å². The summed E-state index contributed by atoms with van der Waals surface area (Å²) in [7, 11) is 0. The van der Waals surface area contributed by atoms with E-state index < -0.39 is 0 Å². The van der Waals surface area contributed by atoms with Gasteiger partial charge in [0.15, 0.2) is 0 Å². The molecule has 3 rings (SSSR count). The fraction of sp³-hybridized carbons (Fsp3) is 0.812. The summed E-state index contributed by atoms with van der Waals surface area (Å²) in [6, 6.07) is 0. The summed E-state index contributed by atoms with van der Waals surface area (Å²) in [6.45, 7) is 4.70. The van der Waals surface area contributed by atoms with Gasteiger partial charge in [-0.25, -0.2) is 4.98 Å². The molecule has 0 atom stereocenters. The van der Waals surface area contributed by atoms with Crippen LogP contribution in [0.3, 0.4) is 0 Å². The lowest BCUT2D eigenvalue weighted by Crippen LogP contribution is -2.26. The Morgan fingerprint density at radius 2 is 1.83 bits per heavy atom. The molecule has 2 nitrogen and oxygen atoms in total. The molecule has 1 aromatic heterocycles. The molecule has 100 valence electrons. The van der Waals surface area contributed by atoms with Crippen molar-refractivity contribution in [3.05, 3.63) is 17.2 Å². The number of fused-ring (bicyclic) bond motifs is 1. The van der Waals surface area contributed by atoms with E-state index in [-0.39, 0.29) is 0 Å². The highest BCUT2D eigenvalue weighted by Gasteiger charge is 2.39. The van der Waals surface area contributed by atoms with Crippen LogP contribution in [0, 0.1) is 5.92 Å². The van der Waals surface area contributed by atoms with Crippen LogP contribution in [0.4, 0.5) is 0 Å². The van der Waals surface area contributed by atoms with Gasteiger partial charge in [-0.05, 0) is 50.9 Å². The summed E-state index contributed by atoms with van der Waals surface area (Å²) >= 11 is 0. The average Bonchev–Trinajstić information content (AvgIpc) is 2.94. The molecule has 1 aromatic rings. The van der Waals surface area contributed by atoms with Crippen molar-refractivity contribution in [1.82, 2.24) is 9.97 Å². The Morgan fingerprint density at radius 1 is 1.11 bits per heavy atom. The van der Waals surface area contributed by atoms with E-state index in [2.05, 4.69) is 18.8 Å². The molecule has 2 aliphatic rings. The third kappa shape index (κ3) is 2.10. The van der Waals surface area contributed by atoms with Gasteiger partial charge in [0, 0.05) is 11.1 Å². The predicted octanol–water partition coefficient (Wildman–Crippen LogP) is 4.15. The molecular formula is C16H26N2. The van der Waals surface area contributed by atoms with Crippen LogP contribution in [0.2, 0.25) is 0 Å². The van der Waals surface area contributed by atoms with Gasteiger partial charge in [0.2, 0.25) is 0 Å². The average molecular weight is 246 g/mol. The third-order valence-corrected chi connectivity index (χ3v) is 4.82. The van der Waals surface area contributed by atoms with Crippen LogP contribution in [0.25, 0.3) is 0 Å². The number of H-pyrrole nitrogens is 1. The number of aromatic nitrogens is 2. The van der Waals surface area contributed by atoms with Crippen molar-refractivity contribution in [3.63, 3.8) is 0 Å². The minimum absolute atomic E-state index is 0.380. The highest BCUT2D eigenvalue weighted by Crippen LogP contribution is 2.45. The van der Waals surface area contributed by atoms with Crippen molar-refractivity contribution < 1.29 is 0 Å². The van der Waals surface area contributed by atoms with Gasteiger partial charge in [-0.2, -0.15) is 0 Å². The highest BCUT2D eigenvalue weighted by atomic mass is 15.0. The zero-order chi connectivity index (χ0) is 12.6. The topological polar surface area (TPSA) is 28.7 Å². The van der Waals surface area contributed by atoms with E-state index in [0.717, 1.165) is 5.92 Å². The summed E-state index contributed by atoms with van der Waals surface area (Å²) in [4.78, 5) is 8.71. The summed E-state index contributed by atoms with van der Waals surface area (Å²) in [6.07, 6.45) is 11.9. The zero-order valence-electron chi connectivity index (χ0n) is 11.9. The van der Waals surface area contributed by atoms with Gasteiger partial charge in [0.05, 0.1) is 5.69 Å². The molecule has 2 heteroatoms. The number of imidazole rings is 1. The molecule has 1 saturated carbocycles. The van der Waals surface area contributed by atoms with Crippen LogP contribution >= 0.6 is 0 Å². The summed E-state index contributed by atoms with van der Waals surface area (Å²) in [5.41, 5.74) is 3.21. The first-order valence-corrected chi connectivity index (χ1v) is 7.78. The number of hydrogen-bond acceptors (Lipinski definition) is 1. The van der Waals surface area contributed by atoms with E-state index >= 15 is 0 Å². The minimum atomic E-state index is 0.380. The second-order valence-corrected chi connectivity index (χ2v) is 6.80. The lowest BCUT2D eigenvalue weighted by molar-refractivity contribution is 0.330. The number of aryl methyl sites for hydroxylation is 2. The smallest absolute Gasteiger partial charge is 0.112 e. The molecular weight excluding hydrogens is 220 g/mol. The fourth-order valence-electron chi connectivity index (χ4n) is 4.08. The molecule has 0 unspecified atom stereocenters. The van der Waals surface area contributed by atoms with Crippen molar-refractivity contribution in [1.29, 1.82) is 0 Å². The Hall–Kier alpha value is -0.790. The first kappa shape index (κ1) is 12.3. The van der Waals surface area contributed by atoms with Crippen LogP contribution in [-0.4, -0.2) is 9.97 Å². The Morgan fingerprint density at radius 3 is 2.50 bits per heavy atom. The van der Waals surface area contributed by atoms with Crippen molar-refractivity contribution in [2.75, 3.05) is 0 Å². The Bertz CT molecular complexity index is 387. The largest absolute Gasteiger partial charge is 0.345 e. The van der Waals surface area contributed by atoms with Gasteiger partial charge >= 0.3 is 0 Å². The second-order valence-electron chi connectivity index (χ2n) is 6.80. The van der Waals surface area contributed by atoms with Crippen LogP contribution in [0.1, 0.15) is 76.0 Å². The van der Waals surface area contributed by atoms with E-state index in [0.29, 0.717) is 5.41 Å². The molecule has 0 saturated heterocycles. The molecule has 1 N–H and O–H groups in total. The van der Waals surface area contributed by atoms with Gasteiger partial charge in [0.1, 0.15) is 5.82 Å². The lowest BCUT2D eigenvalue weighted by Gasteiger charge is -2.28. The molecule has 1 heterocycles. The normalized spacial score (nSPS) is 22.4. The zero-order valence-corrected chi connectivity index (χ0v) is 11.9. The molecule has 2 aliphatic carbocycles. The molecule has 18 heavy (non-hydrogen) atoms. The molecule has 0 aliphatic heterocycles. The number of rotatable bonds is 3. The summed E-state index contributed by atoms with van der Waals surface area (Å²) in [5.74, 6) is 2.10. The van der Waals surface area contributed by atoms with Crippen molar-refractivity contribution >= 4 is 0 Å². The quantitative estimate of drug-likeness (QED) is 0.853. The van der Waals surface area contributed by atoms with E-state index in [1.54, 1.807) is 0 Å². The van der Waals surface area contributed by atoms with Gasteiger partial charge in [-0.1, -0.05) is 26.7 Å². The molecule has 0 spiro atoms. The van der Waals surface area contributed by atoms with Crippen molar-refractivity contribution in [2.45, 2.75) is 77.0 Å². The van der Waals surface area contributed by atoms with Gasteiger partial charge in [0.25, 0.3) is 0 Å². The highest BCUT2D eigenvalue weighted by molar-refractivity contribution is 5.23. The number of nitrogens with zero attached hydrogens (tertiary/aromatic N) is 1. The standard InChI is InChI=1S/C16H26N2/c1-12(2)11-16(9-5-6-10-16)15-17-13-7-3-4-8-14(13)18-15/h12H,3-11H2,1-2H3,(H,17,18). The minimum Gasteiger partial charge on any atom is -0.345 e. The monoisotopic (exact) mass is 246 g/mol. The van der Waals surface area contributed by atoms with E-state index in [1.165, 1.54) is 75.0 Å². The Balaban J connectivity index is 1.92. The van der Waals surface area contributed by atoms with Crippen LogP contribution < -0.4 is 0 Å². The van der Waals surface area contributed by atoms with Crippen molar-refractivity contribution in [2.24, 2.45) is 5.92 Å². The van der Waals surface area contributed by atoms with Gasteiger partial charge < -0.3 is 4.98 Å². The number of hydrogen-bond donors (Lipinski definition) is 1. The van der Waals surface area contributed by atoms with Crippen LogP contribution in [0.5, 0.6) is 0 Å². The fourth-order valence-corrected chi connectivity index (χ4v) is 4.08. The van der Waals surface area contributed by atoms with E-state index in [4.69, 9.17) is 4.98 Å². The Kier molecular flexibility index (Phi) is 3.21. The summed E-state index contributed by atoms with van der Waals surface area (Å²) < 4.78 is 0. The SMILES string of the molecule is CC(C)CC1(c2nc3c([nH]2)CCCC3)CCCC1. The maximum Gasteiger partial charge on any atom is 0.112 e. The van der Waals surface area contributed by atoms with E-state index in [1.807, 2.05) is 0 Å². The number of aromatic amines is 1. The molecule has 0 aromatic carbocycles. The lowest BCUT2D eigenvalue weighted by atomic mass is 9.78. The predicted molar refractivity (Wildman–Crippen MR) is 74.8 cm³/mol. The molecule has 0 radical (unpaired) electrons. The summed E-state index contributed by atoms with van der Waals surface area (Å²) in [5, 5.41) is 0. The maximum atomic E-state index is 5.00. The molecule has 0 amide bonds. The third-order valence-electron chi connectivity index (χ3n) is 4.82. The van der Waals surface area contributed by atoms with E-state index in [9.17, 15) is 0 Å². The Labute approximate surface area is 111 Å². The van der Waals surface area contributed by atoms with Gasteiger partial charge in [-0.3, -0.25) is 0 Å².